The highest BCUT2D eigenvalue weighted by molar-refractivity contribution is 6.32. The lowest BCUT2D eigenvalue weighted by Crippen LogP contribution is -1.97. The summed E-state index contributed by atoms with van der Waals surface area (Å²) in [6, 6.07) is 9.49. The van der Waals surface area contributed by atoms with Crippen molar-refractivity contribution in [2.75, 3.05) is 0 Å². The van der Waals surface area contributed by atoms with E-state index in [4.69, 9.17) is 7.85 Å². The Morgan fingerprint density at radius 2 is 1.92 bits per heavy atom. The number of nitrogens with zero attached hydrogens (tertiary/aromatic N) is 1. The first kappa shape index (κ1) is 9.58. The smallest absolute Gasteiger partial charge is 0.113 e. The second-order valence-electron chi connectivity index (χ2n) is 2.59. The van der Waals surface area contributed by atoms with Crippen molar-refractivity contribution in [3.05, 3.63) is 48.5 Å². The molecule has 2 rings (SSSR count). The van der Waals surface area contributed by atoms with Crippen molar-refractivity contribution in [1.82, 2.24) is 9.97 Å². The maximum atomic E-state index is 5.36. The molecule has 0 saturated heterocycles. The third-order valence-corrected chi connectivity index (χ3v) is 1.43. The number of benzene rings is 1. The van der Waals surface area contributed by atoms with Crippen LogP contribution < -0.4 is 5.46 Å². The molecule has 0 fully saturated rings. The summed E-state index contributed by atoms with van der Waals surface area (Å²) >= 11 is 0. The highest BCUT2D eigenvalue weighted by atomic mass is 14.9. The summed E-state index contributed by atoms with van der Waals surface area (Å²) in [6.45, 7) is 1.92. The van der Waals surface area contributed by atoms with Crippen molar-refractivity contribution in [2.24, 2.45) is 0 Å². The topological polar surface area (TPSA) is 28.7 Å². The average molecular weight is 170 g/mol. The molecule has 0 aliphatic rings. The van der Waals surface area contributed by atoms with Crippen LogP contribution in [0.25, 0.3) is 0 Å². The molecule has 0 spiro atoms. The third-order valence-electron chi connectivity index (χ3n) is 1.43. The van der Waals surface area contributed by atoms with Gasteiger partial charge in [0.1, 0.15) is 13.7 Å². The van der Waals surface area contributed by atoms with Crippen molar-refractivity contribution in [2.45, 2.75) is 6.92 Å². The van der Waals surface area contributed by atoms with E-state index >= 15 is 0 Å². The molecule has 2 aromatic rings. The molecular weight excluding hydrogens is 159 g/mol. The van der Waals surface area contributed by atoms with Gasteiger partial charge in [0.2, 0.25) is 0 Å². The van der Waals surface area contributed by atoms with Gasteiger partial charge >= 0.3 is 0 Å². The Kier molecular flexibility index (Phi) is 3.83. The maximum Gasteiger partial charge on any atom is 0.113 e. The number of nitrogens with one attached hydrogen (secondary N) is 1. The fourth-order valence-corrected chi connectivity index (χ4v) is 0.797. The van der Waals surface area contributed by atoms with Crippen molar-refractivity contribution in [3.8, 4) is 0 Å². The first-order valence-electron chi connectivity index (χ1n) is 4.05. The molecule has 1 heterocycles. The zero-order valence-corrected chi connectivity index (χ0v) is 7.57. The van der Waals surface area contributed by atoms with E-state index in [9.17, 15) is 0 Å². The Morgan fingerprint density at radius 1 is 1.23 bits per heavy atom. The van der Waals surface area contributed by atoms with Gasteiger partial charge in [-0.3, -0.25) is 0 Å². The van der Waals surface area contributed by atoms with Gasteiger partial charge in [-0.05, 0) is 6.92 Å². The molecule has 0 bridgehead atoms. The highest BCUT2D eigenvalue weighted by Gasteiger charge is 1.73. The van der Waals surface area contributed by atoms with Crippen LogP contribution in [0.4, 0.5) is 0 Å². The Morgan fingerprint density at radius 3 is 2.15 bits per heavy atom. The molecule has 1 aromatic carbocycles. The van der Waals surface area contributed by atoms with Gasteiger partial charge < -0.3 is 4.98 Å². The number of H-pyrrole nitrogens is 1. The Hall–Kier alpha value is -1.51. The van der Waals surface area contributed by atoms with Crippen molar-refractivity contribution >= 4 is 13.3 Å². The Labute approximate surface area is 79.4 Å². The van der Waals surface area contributed by atoms with Crippen molar-refractivity contribution < 1.29 is 0 Å². The molecule has 0 amide bonds. The fourth-order valence-electron chi connectivity index (χ4n) is 0.797. The van der Waals surface area contributed by atoms with Crippen molar-refractivity contribution in [3.63, 3.8) is 0 Å². The van der Waals surface area contributed by atoms with Crippen LogP contribution in [0.1, 0.15) is 5.82 Å². The molecule has 0 atom stereocenters. The normalized spacial score (nSPS) is 8.69. The van der Waals surface area contributed by atoms with E-state index < -0.39 is 0 Å². The van der Waals surface area contributed by atoms with Gasteiger partial charge in [-0.25, -0.2) is 4.98 Å². The minimum Gasteiger partial charge on any atom is -0.349 e. The van der Waals surface area contributed by atoms with Crippen LogP contribution in [0.2, 0.25) is 0 Å². The van der Waals surface area contributed by atoms with Crippen LogP contribution in [0.5, 0.6) is 0 Å². The van der Waals surface area contributed by atoms with Crippen LogP contribution in [0, 0.1) is 6.92 Å². The summed E-state index contributed by atoms with van der Waals surface area (Å²) in [4.78, 5) is 6.75. The lowest BCUT2D eigenvalue weighted by atomic mass is 9.97. The van der Waals surface area contributed by atoms with E-state index in [0.717, 1.165) is 11.3 Å². The lowest BCUT2D eigenvalue weighted by Gasteiger charge is -1.83. The molecule has 0 unspecified atom stereocenters. The first-order valence-corrected chi connectivity index (χ1v) is 4.05. The van der Waals surface area contributed by atoms with E-state index in [1.165, 1.54) is 0 Å². The van der Waals surface area contributed by atoms with E-state index in [1.54, 1.807) is 12.4 Å². The standard InChI is InChI=1S/C6H5B.C4H6N2/c7-6-4-2-1-3-5-6;1-4-5-2-3-6-4/h1-5H;2-3H,1H3,(H,5,6). The molecule has 1 N–H and O–H groups in total. The number of imidazole rings is 1. The van der Waals surface area contributed by atoms with Gasteiger partial charge in [-0.15, -0.1) is 0 Å². The van der Waals surface area contributed by atoms with Crippen LogP contribution in [0.3, 0.4) is 0 Å². The van der Waals surface area contributed by atoms with Crippen LogP contribution in [-0.4, -0.2) is 17.8 Å². The van der Waals surface area contributed by atoms with Crippen LogP contribution >= 0.6 is 0 Å². The molecule has 0 aliphatic carbocycles. The molecule has 1 aromatic heterocycles. The predicted molar refractivity (Wildman–Crippen MR) is 55.2 cm³/mol. The number of rotatable bonds is 0. The number of aromatic amines is 1. The first-order chi connectivity index (χ1) is 6.29. The second-order valence-corrected chi connectivity index (χ2v) is 2.59. The number of aryl methyl sites for hydroxylation is 1. The van der Waals surface area contributed by atoms with E-state index in [-0.39, 0.29) is 0 Å². The number of aromatic nitrogens is 2. The molecule has 2 radical (unpaired) electrons. The van der Waals surface area contributed by atoms with Crippen LogP contribution in [0.15, 0.2) is 42.7 Å². The molecule has 64 valence electrons. The summed E-state index contributed by atoms with van der Waals surface area (Å²) in [5.74, 6) is 0.968. The van der Waals surface area contributed by atoms with Gasteiger partial charge in [0.15, 0.2) is 0 Å². The van der Waals surface area contributed by atoms with E-state index in [2.05, 4.69) is 9.97 Å². The van der Waals surface area contributed by atoms with E-state index in [1.807, 2.05) is 37.3 Å². The van der Waals surface area contributed by atoms with Gasteiger partial charge in [0.25, 0.3) is 0 Å². The number of hydrogen-bond acceptors (Lipinski definition) is 1. The van der Waals surface area contributed by atoms with Crippen LogP contribution in [-0.2, 0) is 0 Å². The van der Waals surface area contributed by atoms with Gasteiger partial charge in [-0.1, -0.05) is 35.8 Å². The van der Waals surface area contributed by atoms with Crippen molar-refractivity contribution in [1.29, 1.82) is 0 Å². The summed E-state index contributed by atoms with van der Waals surface area (Å²) in [7, 11) is 5.36. The SMILES string of the molecule is Cc1ncc[nH]1.[B]c1ccccc1. The minimum atomic E-state index is 0.822. The summed E-state index contributed by atoms with van der Waals surface area (Å²) in [5, 5.41) is 0. The second kappa shape index (κ2) is 5.20. The summed E-state index contributed by atoms with van der Waals surface area (Å²) in [5.41, 5.74) is 0.822. The molecule has 2 nitrogen and oxygen atoms in total. The predicted octanol–water partition coefficient (Wildman–Crippen LogP) is 1.20. The highest BCUT2D eigenvalue weighted by Crippen LogP contribution is 1.78. The quantitative estimate of drug-likeness (QED) is 0.591. The minimum absolute atomic E-state index is 0.822. The molecule has 3 heteroatoms. The average Bonchev–Trinajstić information content (AvgIpc) is 2.58. The van der Waals surface area contributed by atoms with Gasteiger partial charge in [0.05, 0.1) is 0 Å². The summed E-state index contributed by atoms with van der Waals surface area (Å²) < 4.78 is 0. The lowest BCUT2D eigenvalue weighted by molar-refractivity contribution is 1.15. The molecule has 13 heavy (non-hydrogen) atoms. The van der Waals surface area contributed by atoms with E-state index in [0.29, 0.717) is 0 Å². The molecule has 0 saturated carbocycles. The fraction of sp³-hybridized carbons (Fsp3) is 0.100. The Balaban J connectivity index is 0.000000132. The zero-order chi connectivity index (χ0) is 9.52. The number of hydrogen-bond donors (Lipinski definition) is 1. The summed E-state index contributed by atoms with van der Waals surface area (Å²) in [6.07, 6.45) is 3.53. The van der Waals surface area contributed by atoms with Gasteiger partial charge in [-0.2, -0.15) is 0 Å². The molecule has 0 aliphatic heterocycles. The largest absolute Gasteiger partial charge is 0.349 e. The maximum absolute atomic E-state index is 5.36. The Bertz CT molecular complexity index is 316. The molecular formula is C10H11BN2. The zero-order valence-electron chi connectivity index (χ0n) is 7.57. The van der Waals surface area contributed by atoms with Gasteiger partial charge in [0, 0.05) is 12.4 Å². The monoisotopic (exact) mass is 170 g/mol. The third kappa shape index (κ3) is 4.16.